The first kappa shape index (κ1) is 13.7. The summed E-state index contributed by atoms with van der Waals surface area (Å²) in [6.45, 7) is 4.16. The van der Waals surface area contributed by atoms with Gasteiger partial charge >= 0.3 is 0 Å². The summed E-state index contributed by atoms with van der Waals surface area (Å²) in [5, 5.41) is 2.55. The van der Waals surface area contributed by atoms with Crippen LogP contribution >= 0.6 is 11.3 Å². The molecule has 0 atom stereocenters. The molecule has 0 amide bonds. The lowest BCUT2D eigenvalue weighted by molar-refractivity contribution is 1.17. The van der Waals surface area contributed by atoms with E-state index in [0.717, 1.165) is 28.1 Å². The number of para-hydroxylation sites is 2. The van der Waals surface area contributed by atoms with Gasteiger partial charge in [0.05, 0.1) is 27.1 Å². The third-order valence-corrected chi connectivity index (χ3v) is 5.77. The van der Waals surface area contributed by atoms with E-state index in [1.54, 1.807) is 0 Å². The Labute approximate surface area is 143 Å². The molecule has 3 heterocycles. The number of nitrogens with one attached hydrogen (secondary N) is 1. The Morgan fingerprint density at radius 3 is 2.42 bits per heavy atom. The molecule has 5 rings (SSSR count). The van der Waals surface area contributed by atoms with Crippen molar-refractivity contribution in [2.45, 2.75) is 13.8 Å². The maximum Gasteiger partial charge on any atom is 0.109 e. The van der Waals surface area contributed by atoms with E-state index in [-0.39, 0.29) is 0 Å². The first-order chi connectivity index (χ1) is 11.7. The van der Waals surface area contributed by atoms with Crippen molar-refractivity contribution in [1.29, 1.82) is 0 Å². The monoisotopic (exact) mass is 329 g/mol. The summed E-state index contributed by atoms with van der Waals surface area (Å²) >= 11 is 1.83. The summed E-state index contributed by atoms with van der Waals surface area (Å²) in [4.78, 5) is 13.2. The number of rotatable bonds is 1. The molecule has 0 aliphatic rings. The molecule has 0 spiro atoms. The van der Waals surface area contributed by atoms with E-state index >= 15 is 0 Å². The van der Waals surface area contributed by atoms with Crippen LogP contribution in [0.1, 0.15) is 11.4 Å². The average Bonchev–Trinajstić information content (AvgIpc) is 3.12. The average molecular weight is 329 g/mol. The van der Waals surface area contributed by atoms with Crippen LogP contribution in [0.4, 0.5) is 0 Å². The SMILES string of the molecule is Cc1nc2ccccc2nc1-c1[nH]c(C)c2sc3ccccc3c12. The zero-order valence-corrected chi connectivity index (χ0v) is 14.2. The van der Waals surface area contributed by atoms with Crippen molar-refractivity contribution >= 4 is 42.5 Å². The van der Waals surface area contributed by atoms with E-state index in [9.17, 15) is 0 Å². The van der Waals surface area contributed by atoms with Gasteiger partial charge in [-0.3, -0.25) is 0 Å². The van der Waals surface area contributed by atoms with Crippen LogP contribution in [0, 0.1) is 13.8 Å². The van der Waals surface area contributed by atoms with E-state index in [1.165, 1.54) is 25.9 Å². The van der Waals surface area contributed by atoms with Gasteiger partial charge in [0.1, 0.15) is 5.69 Å². The van der Waals surface area contributed by atoms with Gasteiger partial charge in [-0.15, -0.1) is 11.3 Å². The van der Waals surface area contributed by atoms with Crippen molar-refractivity contribution < 1.29 is 0 Å². The minimum Gasteiger partial charge on any atom is -0.356 e. The summed E-state index contributed by atoms with van der Waals surface area (Å²) < 4.78 is 2.62. The summed E-state index contributed by atoms with van der Waals surface area (Å²) in [5.41, 5.74) is 6.03. The fourth-order valence-corrected chi connectivity index (χ4v) is 4.53. The molecule has 0 unspecified atom stereocenters. The van der Waals surface area contributed by atoms with Crippen molar-refractivity contribution in [1.82, 2.24) is 15.0 Å². The normalized spacial score (nSPS) is 11.8. The lowest BCUT2D eigenvalue weighted by atomic mass is 10.1. The first-order valence-corrected chi connectivity index (χ1v) is 8.77. The number of hydrogen-bond donors (Lipinski definition) is 1. The molecule has 5 aromatic rings. The predicted molar refractivity (Wildman–Crippen MR) is 102 cm³/mol. The van der Waals surface area contributed by atoms with Crippen LogP contribution in [0.5, 0.6) is 0 Å². The molecule has 1 N–H and O–H groups in total. The van der Waals surface area contributed by atoms with Gasteiger partial charge in [-0.05, 0) is 32.0 Å². The molecule has 0 fully saturated rings. The molecule has 0 saturated carbocycles. The Hall–Kier alpha value is -2.72. The topological polar surface area (TPSA) is 41.6 Å². The molecule has 0 bridgehead atoms. The zero-order valence-electron chi connectivity index (χ0n) is 13.4. The predicted octanol–water partition coefficient (Wildman–Crippen LogP) is 5.61. The van der Waals surface area contributed by atoms with Crippen LogP contribution in [0.2, 0.25) is 0 Å². The van der Waals surface area contributed by atoms with Gasteiger partial charge in [0.15, 0.2) is 0 Å². The van der Waals surface area contributed by atoms with Crippen molar-refractivity contribution in [3.63, 3.8) is 0 Å². The van der Waals surface area contributed by atoms with Crippen LogP contribution in [0.25, 0.3) is 42.6 Å². The summed E-state index contributed by atoms with van der Waals surface area (Å²) in [6.07, 6.45) is 0. The fraction of sp³-hybridized carbons (Fsp3) is 0.100. The molecule has 3 nitrogen and oxygen atoms in total. The Morgan fingerprint density at radius 1 is 0.875 bits per heavy atom. The zero-order chi connectivity index (χ0) is 16.3. The maximum absolute atomic E-state index is 4.91. The van der Waals surface area contributed by atoms with Crippen molar-refractivity contribution in [3.05, 3.63) is 59.9 Å². The highest BCUT2D eigenvalue weighted by molar-refractivity contribution is 7.26. The smallest absolute Gasteiger partial charge is 0.109 e. The molecule has 3 aromatic heterocycles. The fourth-order valence-electron chi connectivity index (χ4n) is 3.37. The van der Waals surface area contributed by atoms with Crippen molar-refractivity contribution in [3.8, 4) is 11.4 Å². The molecule has 24 heavy (non-hydrogen) atoms. The first-order valence-electron chi connectivity index (χ1n) is 7.96. The maximum atomic E-state index is 4.91. The van der Waals surface area contributed by atoms with Gasteiger partial charge in [0.25, 0.3) is 0 Å². The summed E-state index contributed by atoms with van der Waals surface area (Å²) in [6, 6.07) is 16.6. The lowest BCUT2D eigenvalue weighted by Crippen LogP contribution is -1.95. The Kier molecular flexibility index (Phi) is 2.79. The number of thiophene rings is 1. The number of nitrogens with zero attached hydrogens (tertiary/aromatic N) is 2. The van der Waals surface area contributed by atoms with Gasteiger partial charge in [0, 0.05) is 21.2 Å². The van der Waals surface area contributed by atoms with Crippen LogP contribution < -0.4 is 0 Å². The number of aromatic amines is 1. The van der Waals surface area contributed by atoms with Crippen molar-refractivity contribution in [2.24, 2.45) is 0 Å². The van der Waals surface area contributed by atoms with Gasteiger partial charge in [0.2, 0.25) is 0 Å². The molecular formula is C20H15N3S. The lowest BCUT2D eigenvalue weighted by Gasteiger charge is -2.06. The second kappa shape index (κ2) is 4.89. The van der Waals surface area contributed by atoms with Gasteiger partial charge in [-0.1, -0.05) is 30.3 Å². The number of aryl methyl sites for hydroxylation is 2. The van der Waals surface area contributed by atoms with E-state index in [0.29, 0.717) is 0 Å². The largest absolute Gasteiger partial charge is 0.356 e. The van der Waals surface area contributed by atoms with Crippen LogP contribution in [0.3, 0.4) is 0 Å². The van der Waals surface area contributed by atoms with E-state index in [2.05, 4.69) is 36.2 Å². The molecule has 0 saturated heterocycles. The second-order valence-electron chi connectivity index (χ2n) is 6.07. The van der Waals surface area contributed by atoms with Crippen LogP contribution in [-0.2, 0) is 0 Å². The second-order valence-corrected chi connectivity index (χ2v) is 7.13. The minimum atomic E-state index is 0.929. The van der Waals surface area contributed by atoms with E-state index in [1.807, 2.05) is 42.5 Å². The molecular weight excluding hydrogens is 314 g/mol. The molecule has 116 valence electrons. The van der Waals surface area contributed by atoms with Gasteiger partial charge < -0.3 is 4.98 Å². The highest BCUT2D eigenvalue weighted by atomic mass is 32.1. The molecule has 0 aliphatic heterocycles. The van der Waals surface area contributed by atoms with Gasteiger partial charge in [-0.2, -0.15) is 0 Å². The van der Waals surface area contributed by atoms with Crippen LogP contribution in [-0.4, -0.2) is 15.0 Å². The third kappa shape index (κ3) is 1.83. The molecule has 0 aliphatic carbocycles. The highest BCUT2D eigenvalue weighted by Crippen LogP contribution is 2.41. The Morgan fingerprint density at radius 2 is 1.58 bits per heavy atom. The van der Waals surface area contributed by atoms with E-state index in [4.69, 9.17) is 9.97 Å². The third-order valence-electron chi connectivity index (χ3n) is 4.48. The van der Waals surface area contributed by atoms with Gasteiger partial charge in [-0.25, -0.2) is 9.97 Å². The molecule has 4 heteroatoms. The van der Waals surface area contributed by atoms with Crippen molar-refractivity contribution in [2.75, 3.05) is 0 Å². The number of hydrogen-bond acceptors (Lipinski definition) is 3. The number of benzene rings is 2. The van der Waals surface area contributed by atoms with E-state index < -0.39 is 0 Å². The van der Waals surface area contributed by atoms with Crippen LogP contribution in [0.15, 0.2) is 48.5 Å². The minimum absolute atomic E-state index is 0.929. The standard InChI is InChI=1S/C20H15N3S/c1-11-18(23-15-9-5-4-8-14(15)21-11)19-17-13-7-3-6-10-16(13)24-20(17)12(2)22-19/h3-10,22H,1-2H3. The summed E-state index contributed by atoms with van der Waals surface area (Å²) in [7, 11) is 0. The Bertz CT molecular complexity index is 1230. The number of aromatic nitrogens is 3. The highest BCUT2D eigenvalue weighted by Gasteiger charge is 2.18. The number of fused-ring (bicyclic) bond motifs is 4. The quantitative estimate of drug-likeness (QED) is 0.434. The number of H-pyrrole nitrogens is 1. The molecule has 0 radical (unpaired) electrons. The molecule has 2 aromatic carbocycles. The Balaban J connectivity index is 1.91. The summed E-state index contributed by atoms with van der Waals surface area (Å²) in [5.74, 6) is 0.